The van der Waals surface area contributed by atoms with Crippen LogP contribution in [0.25, 0.3) is 0 Å². The summed E-state index contributed by atoms with van der Waals surface area (Å²) in [6, 6.07) is 6.00. The van der Waals surface area contributed by atoms with Gasteiger partial charge in [-0.2, -0.15) is 10.4 Å². The molecule has 0 radical (unpaired) electrons. The Morgan fingerprint density at radius 2 is 2.12 bits per heavy atom. The second-order valence-electron chi connectivity index (χ2n) is 6.07. The van der Waals surface area contributed by atoms with E-state index in [1.165, 1.54) is 0 Å². The molecule has 1 N–H and O–H groups in total. The van der Waals surface area contributed by atoms with E-state index >= 15 is 0 Å². The van der Waals surface area contributed by atoms with Crippen molar-refractivity contribution in [2.45, 2.75) is 25.8 Å². The standard InChI is InChI=1S/C17H20N6O/c1-12-3-4-13(9-18)16(20-12)23-7-5-15(6-8-23)21-17(24)14-10-19-22(2)11-14/h3-4,10-11,15H,5-8H2,1-2H3,(H,21,24). The maximum absolute atomic E-state index is 12.2. The Labute approximate surface area is 140 Å². The molecule has 3 heterocycles. The molecule has 1 saturated heterocycles. The van der Waals surface area contributed by atoms with Crippen molar-refractivity contribution in [1.29, 1.82) is 5.26 Å². The summed E-state index contributed by atoms with van der Waals surface area (Å²) in [6.45, 7) is 3.46. The molecule has 1 aliphatic heterocycles. The molecule has 7 nitrogen and oxygen atoms in total. The molecule has 1 fully saturated rings. The summed E-state index contributed by atoms with van der Waals surface area (Å²) < 4.78 is 1.62. The Morgan fingerprint density at radius 3 is 2.75 bits per heavy atom. The van der Waals surface area contributed by atoms with Crippen LogP contribution < -0.4 is 10.2 Å². The summed E-state index contributed by atoms with van der Waals surface area (Å²) in [7, 11) is 1.79. The van der Waals surface area contributed by atoms with Crippen LogP contribution in [0, 0.1) is 18.3 Å². The molecule has 0 unspecified atom stereocenters. The minimum absolute atomic E-state index is 0.0899. The van der Waals surface area contributed by atoms with Crippen LogP contribution in [-0.2, 0) is 7.05 Å². The van der Waals surface area contributed by atoms with Gasteiger partial charge in [-0.1, -0.05) is 0 Å². The minimum Gasteiger partial charge on any atom is -0.355 e. The third kappa shape index (κ3) is 3.38. The smallest absolute Gasteiger partial charge is 0.254 e. The first-order valence-corrected chi connectivity index (χ1v) is 7.99. The zero-order valence-electron chi connectivity index (χ0n) is 13.9. The fourth-order valence-electron chi connectivity index (χ4n) is 2.91. The van der Waals surface area contributed by atoms with Crippen LogP contribution in [0.15, 0.2) is 24.5 Å². The van der Waals surface area contributed by atoms with Gasteiger partial charge in [-0.15, -0.1) is 0 Å². The summed E-state index contributed by atoms with van der Waals surface area (Å²) in [5, 5.41) is 16.3. The average Bonchev–Trinajstić information content (AvgIpc) is 3.02. The number of anilines is 1. The van der Waals surface area contributed by atoms with Crippen LogP contribution in [0.1, 0.15) is 34.5 Å². The largest absolute Gasteiger partial charge is 0.355 e. The average molecular weight is 324 g/mol. The Morgan fingerprint density at radius 1 is 1.38 bits per heavy atom. The maximum atomic E-state index is 12.2. The first-order valence-electron chi connectivity index (χ1n) is 7.99. The van der Waals surface area contributed by atoms with Gasteiger partial charge < -0.3 is 10.2 Å². The molecular formula is C17H20N6O. The van der Waals surface area contributed by atoms with Crippen LogP contribution in [-0.4, -0.2) is 39.8 Å². The van der Waals surface area contributed by atoms with Crippen molar-refractivity contribution in [1.82, 2.24) is 20.1 Å². The summed E-state index contributed by atoms with van der Waals surface area (Å²) in [6.07, 6.45) is 4.93. The molecule has 2 aromatic heterocycles. The van der Waals surface area contributed by atoms with Gasteiger partial charge in [0.05, 0.1) is 17.3 Å². The number of rotatable bonds is 3. The molecule has 1 aliphatic rings. The lowest BCUT2D eigenvalue weighted by atomic mass is 10.0. The number of carbonyl (C=O) groups excluding carboxylic acids is 1. The number of nitriles is 1. The van der Waals surface area contributed by atoms with Gasteiger partial charge in [-0.05, 0) is 31.9 Å². The van der Waals surface area contributed by atoms with E-state index in [1.54, 1.807) is 24.1 Å². The topological polar surface area (TPSA) is 86.8 Å². The van der Waals surface area contributed by atoms with Crippen LogP contribution in [0.4, 0.5) is 5.82 Å². The number of hydrogen-bond donors (Lipinski definition) is 1. The lowest BCUT2D eigenvalue weighted by molar-refractivity contribution is 0.0931. The van der Waals surface area contributed by atoms with Crippen molar-refractivity contribution in [2.24, 2.45) is 7.05 Å². The molecule has 7 heteroatoms. The minimum atomic E-state index is -0.0899. The van der Waals surface area contributed by atoms with Crippen molar-refractivity contribution >= 4 is 11.7 Å². The first kappa shape index (κ1) is 16.0. The predicted molar refractivity (Wildman–Crippen MR) is 89.6 cm³/mol. The Kier molecular flexibility index (Phi) is 4.47. The molecule has 24 heavy (non-hydrogen) atoms. The van der Waals surface area contributed by atoms with E-state index in [0.29, 0.717) is 11.1 Å². The summed E-state index contributed by atoms with van der Waals surface area (Å²) >= 11 is 0. The molecule has 0 aliphatic carbocycles. The zero-order chi connectivity index (χ0) is 17.1. The monoisotopic (exact) mass is 324 g/mol. The van der Waals surface area contributed by atoms with Gasteiger partial charge >= 0.3 is 0 Å². The Bertz CT molecular complexity index is 783. The number of aryl methyl sites for hydroxylation is 2. The van der Waals surface area contributed by atoms with Gasteiger partial charge in [-0.25, -0.2) is 4.98 Å². The Hall–Kier alpha value is -2.88. The number of aromatic nitrogens is 3. The number of hydrogen-bond acceptors (Lipinski definition) is 5. The van der Waals surface area contributed by atoms with Crippen molar-refractivity contribution in [3.8, 4) is 6.07 Å². The van der Waals surface area contributed by atoms with Crippen molar-refractivity contribution < 1.29 is 4.79 Å². The fraction of sp³-hybridized carbons (Fsp3) is 0.412. The number of pyridine rings is 1. The molecule has 0 atom stereocenters. The Balaban J connectivity index is 1.61. The highest BCUT2D eigenvalue weighted by atomic mass is 16.1. The number of carbonyl (C=O) groups is 1. The van der Waals surface area contributed by atoms with Gasteiger partial charge in [0.15, 0.2) is 0 Å². The maximum Gasteiger partial charge on any atom is 0.254 e. The molecule has 3 rings (SSSR count). The molecular weight excluding hydrogens is 304 g/mol. The fourth-order valence-corrected chi connectivity index (χ4v) is 2.91. The van der Waals surface area contributed by atoms with Crippen molar-refractivity contribution in [3.63, 3.8) is 0 Å². The normalized spacial score (nSPS) is 15.1. The summed E-state index contributed by atoms with van der Waals surface area (Å²) in [4.78, 5) is 18.8. The molecule has 0 spiro atoms. The summed E-state index contributed by atoms with van der Waals surface area (Å²) in [5.41, 5.74) is 2.07. The number of nitrogens with one attached hydrogen (secondary N) is 1. The second-order valence-corrected chi connectivity index (χ2v) is 6.07. The van der Waals surface area contributed by atoms with E-state index in [2.05, 4.69) is 26.4 Å². The highest BCUT2D eigenvalue weighted by molar-refractivity contribution is 5.93. The molecule has 0 saturated carbocycles. The third-order valence-electron chi connectivity index (χ3n) is 4.23. The van der Waals surface area contributed by atoms with Gasteiger partial charge in [0.2, 0.25) is 0 Å². The van der Waals surface area contributed by atoms with Crippen LogP contribution in [0.3, 0.4) is 0 Å². The van der Waals surface area contributed by atoms with E-state index in [4.69, 9.17) is 0 Å². The van der Waals surface area contributed by atoms with E-state index in [1.807, 2.05) is 19.1 Å². The van der Waals surface area contributed by atoms with Crippen LogP contribution >= 0.6 is 0 Å². The third-order valence-corrected chi connectivity index (χ3v) is 4.23. The van der Waals surface area contributed by atoms with E-state index in [0.717, 1.165) is 37.4 Å². The number of piperidine rings is 1. The second kappa shape index (κ2) is 6.71. The first-order chi connectivity index (χ1) is 11.6. The van der Waals surface area contributed by atoms with Gasteiger partial charge in [-0.3, -0.25) is 9.48 Å². The number of nitrogens with zero attached hydrogens (tertiary/aromatic N) is 5. The predicted octanol–water partition coefficient (Wildman–Crippen LogP) is 1.39. The molecule has 124 valence electrons. The van der Waals surface area contributed by atoms with E-state index in [9.17, 15) is 10.1 Å². The molecule has 0 aromatic carbocycles. The van der Waals surface area contributed by atoms with E-state index < -0.39 is 0 Å². The van der Waals surface area contributed by atoms with Gasteiger partial charge in [0, 0.05) is 38.1 Å². The van der Waals surface area contributed by atoms with Crippen LogP contribution in [0.2, 0.25) is 0 Å². The van der Waals surface area contributed by atoms with Gasteiger partial charge in [0.1, 0.15) is 11.9 Å². The van der Waals surface area contributed by atoms with Crippen molar-refractivity contribution in [3.05, 3.63) is 41.3 Å². The zero-order valence-corrected chi connectivity index (χ0v) is 13.9. The lowest BCUT2D eigenvalue weighted by Crippen LogP contribution is -2.45. The van der Waals surface area contributed by atoms with Crippen molar-refractivity contribution in [2.75, 3.05) is 18.0 Å². The quantitative estimate of drug-likeness (QED) is 0.922. The van der Waals surface area contributed by atoms with E-state index in [-0.39, 0.29) is 11.9 Å². The highest BCUT2D eigenvalue weighted by Gasteiger charge is 2.24. The molecule has 0 bridgehead atoms. The lowest BCUT2D eigenvalue weighted by Gasteiger charge is -2.33. The molecule has 1 amide bonds. The van der Waals surface area contributed by atoms with Crippen LogP contribution in [0.5, 0.6) is 0 Å². The SMILES string of the molecule is Cc1ccc(C#N)c(N2CCC(NC(=O)c3cnn(C)c3)CC2)n1. The molecule has 2 aromatic rings. The number of amides is 1. The van der Waals surface area contributed by atoms with Gasteiger partial charge in [0.25, 0.3) is 5.91 Å². The highest BCUT2D eigenvalue weighted by Crippen LogP contribution is 2.22. The summed E-state index contributed by atoms with van der Waals surface area (Å²) in [5.74, 6) is 0.655.